The van der Waals surface area contributed by atoms with Gasteiger partial charge in [0.25, 0.3) is 0 Å². The molecule has 0 aromatic heterocycles. The number of anilines is 3. The van der Waals surface area contributed by atoms with Gasteiger partial charge in [-0.3, -0.25) is 14.9 Å². The standard InChI is InChI=1S/C29H30BrN3O5/c1-18(7-3-6-10-27(36)33-25-9-5-4-8-24(25)31)28(23-17-21(30)13-16-26(23)35)38-29(37)32-22-14-11-20(12-15-22)19(2)34/h4-6,8-18,28,35H,3,7,31H2,1-2H3,(H,32,37)(H,33,36)/b10-6+/t18-,28-/m0/s1. The zero-order valence-corrected chi connectivity index (χ0v) is 22.7. The molecule has 2 amide bonds. The Hall–Kier alpha value is -4.11. The molecule has 0 heterocycles. The Morgan fingerprint density at radius 1 is 1.05 bits per heavy atom. The lowest BCUT2D eigenvalue weighted by Gasteiger charge is -2.25. The number of halogens is 1. The van der Waals surface area contributed by atoms with Crippen LogP contribution >= 0.6 is 15.9 Å². The lowest BCUT2D eigenvalue weighted by Crippen LogP contribution is -2.22. The van der Waals surface area contributed by atoms with Gasteiger partial charge >= 0.3 is 6.09 Å². The molecule has 0 aliphatic carbocycles. The number of Topliss-reactive ketones (excluding diaryl/α,β-unsaturated/α-hetero) is 1. The molecule has 3 rings (SSSR count). The molecule has 198 valence electrons. The van der Waals surface area contributed by atoms with Gasteiger partial charge in [0.15, 0.2) is 5.78 Å². The maximum atomic E-state index is 12.8. The van der Waals surface area contributed by atoms with Crippen LogP contribution in [-0.2, 0) is 9.53 Å². The first-order chi connectivity index (χ1) is 18.1. The highest BCUT2D eigenvalue weighted by Crippen LogP contribution is 2.36. The average Bonchev–Trinajstić information content (AvgIpc) is 2.88. The lowest BCUT2D eigenvalue weighted by atomic mass is 9.92. The van der Waals surface area contributed by atoms with Crippen LogP contribution in [0.3, 0.4) is 0 Å². The average molecular weight is 580 g/mol. The van der Waals surface area contributed by atoms with Crippen molar-refractivity contribution in [3.05, 3.63) is 94.5 Å². The molecule has 0 spiro atoms. The number of benzene rings is 3. The Bertz CT molecular complexity index is 1320. The fourth-order valence-corrected chi connectivity index (χ4v) is 4.16. The molecule has 0 unspecified atom stereocenters. The van der Waals surface area contributed by atoms with Gasteiger partial charge in [-0.1, -0.05) is 41.1 Å². The summed E-state index contributed by atoms with van der Waals surface area (Å²) in [6.45, 7) is 3.37. The second-order valence-electron chi connectivity index (χ2n) is 8.82. The molecule has 5 N–H and O–H groups in total. The minimum atomic E-state index is -0.768. The van der Waals surface area contributed by atoms with Crippen LogP contribution in [0.5, 0.6) is 5.75 Å². The van der Waals surface area contributed by atoms with E-state index in [1.165, 1.54) is 19.1 Å². The number of phenols is 1. The number of ether oxygens (including phenoxy) is 1. The molecular weight excluding hydrogens is 550 g/mol. The number of allylic oxidation sites excluding steroid dienone is 1. The van der Waals surface area contributed by atoms with Gasteiger partial charge in [-0.25, -0.2) is 4.79 Å². The summed E-state index contributed by atoms with van der Waals surface area (Å²) in [6, 6.07) is 18.4. The van der Waals surface area contributed by atoms with E-state index in [1.54, 1.807) is 66.7 Å². The molecule has 0 fully saturated rings. The van der Waals surface area contributed by atoms with Crippen LogP contribution in [-0.4, -0.2) is 22.9 Å². The number of rotatable bonds is 10. The quantitative estimate of drug-likeness (QED) is 0.118. The van der Waals surface area contributed by atoms with Gasteiger partial charge in [0, 0.05) is 21.3 Å². The van der Waals surface area contributed by atoms with Crippen LogP contribution in [0.15, 0.2) is 83.4 Å². The predicted molar refractivity (Wildman–Crippen MR) is 152 cm³/mol. The summed E-state index contributed by atoms with van der Waals surface area (Å²) in [4.78, 5) is 36.5. The van der Waals surface area contributed by atoms with Gasteiger partial charge in [-0.05, 0) is 86.4 Å². The number of phenolic OH excluding ortho intramolecular Hbond substituents is 1. The first kappa shape index (κ1) is 28.5. The van der Waals surface area contributed by atoms with Crippen molar-refractivity contribution < 1.29 is 24.2 Å². The highest BCUT2D eigenvalue weighted by atomic mass is 79.9. The van der Waals surface area contributed by atoms with Crippen molar-refractivity contribution in [3.8, 4) is 5.75 Å². The van der Waals surface area contributed by atoms with E-state index in [4.69, 9.17) is 10.5 Å². The fraction of sp³-hybridized carbons (Fsp3) is 0.207. The molecule has 0 aliphatic rings. The number of hydrogen-bond acceptors (Lipinski definition) is 6. The summed E-state index contributed by atoms with van der Waals surface area (Å²) in [7, 11) is 0. The van der Waals surface area contributed by atoms with Crippen molar-refractivity contribution in [1.29, 1.82) is 0 Å². The Morgan fingerprint density at radius 3 is 2.45 bits per heavy atom. The van der Waals surface area contributed by atoms with E-state index in [0.29, 0.717) is 41.0 Å². The number of carbonyl (C=O) groups is 3. The molecule has 0 radical (unpaired) electrons. The third-order valence-corrected chi connectivity index (χ3v) is 6.35. The fourth-order valence-electron chi connectivity index (χ4n) is 3.78. The first-order valence-electron chi connectivity index (χ1n) is 12.0. The number of aromatic hydroxyl groups is 1. The maximum absolute atomic E-state index is 12.8. The summed E-state index contributed by atoms with van der Waals surface area (Å²) < 4.78 is 6.50. The summed E-state index contributed by atoms with van der Waals surface area (Å²) in [5.74, 6) is -0.588. The molecule has 0 saturated heterocycles. The number of carbonyl (C=O) groups excluding carboxylic acids is 3. The molecule has 0 saturated carbocycles. The summed E-state index contributed by atoms with van der Waals surface area (Å²) >= 11 is 3.40. The van der Waals surface area contributed by atoms with Gasteiger partial charge in [0.2, 0.25) is 5.91 Å². The highest BCUT2D eigenvalue weighted by Gasteiger charge is 2.26. The Morgan fingerprint density at radius 2 is 1.76 bits per heavy atom. The molecule has 0 bridgehead atoms. The van der Waals surface area contributed by atoms with Crippen LogP contribution in [0.25, 0.3) is 0 Å². The van der Waals surface area contributed by atoms with Crippen molar-refractivity contribution >= 4 is 50.8 Å². The summed E-state index contributed by atoms with van der Waals surface area (Å²) in [5, 5.41) is 15.9. The maximum Gasteiger partial charge on any atom is 0.412 e. The molecule has 9 heteroatoms. The van der Waals surface area contributed by atoms with E-state index in [9.17, 15) is 19.5 Å². The van der Waals surface area contributed by atoms with Gasteiger partial charge < -0.3 is 20.9 Å². The zero-order valence-electron chi connectivity index (χ0n) is 21.1. The van der Waals surface area contributed by atoms with E-state index < -0.39 is 12.2 Å². The topological polar surface area (TPSA) is 131 Å². The minimum absolute atomic E-state index is 0.000897. The minimum Gasteiger partial charge on any atom is -0.508 e. The van der Waals surface area contributed by atoms with Gasteiger partial charge in [0.1, 0.15) is 11.9 Å². The molecule has 3 aromatic carbocycles. The monoisotopic (exact) mass is 579 g/mol. The number of para-hydroxylation sites is 2. The van der Waals surface area contributed by atoms with Crippen molar-refractivity contribution in [2.24, 2.45) is 5.92 Å². The van der Waals surface area contributed by atoms with E-state index in [1.807, 2.05) is 6.92 Å². The van der Waals surface area contributed by atoms with Gasteiger partial charge in [-0.2, -0.15) is 0 Å². The number of amides is 2. The second kappa shape index (κ2) is 13.4. The SMILES string of the molecule is CC(=O)c1ccc(NC(=O)O[C@H](c2cc(Br)ccc2O)[C@@H](C)CC/C=C/C(=O)Nc2ccccc2N)cc1. The van der Waals surface area contributed by atoms with E-state index in [2.05, 4.69) is 26.6 Å². The van der Waals surface area contributed by atoms with Crippen molar-refractivity contribution in [2.75, 3.05) is 16.4 Å². The van der Waals surface area contributed by atoms with Crippen LogP contribution in [0.4, 0.5) is 21.9 Å². The summed E-state index contributed by atoms with van der Waals surface area (Å²) in [6.07, 6.45) is 2.79. The number of ketones is 1. The predicted octanol–water partition coefficient (Wildman–Crippen LogP) is 6.84. The molecular formula is C29H30BrN3O5. The lowest BCUT2D eigenvalue weighted by molar-refractivity contribution is -0.111. The third-order valence-electron chi connectivity index (χ3n) is 5.86. The van der Waals surface area contributed by atoms with E-state index >= 15 is 0 Å². The van der Waals surface area contributed by atoms with Crippen LogP contribution in [0.2, 0.25) is 0 Å². The molecule has 8 nitrogen and oxygen atoms in total. The highest BCUT2D eigenvalue weighted by molar-refractivity contribution is 9.10. The number of nitrogen functional groups attached to an aromatic ring is 1. The number of hydrogen-bond donors (Lipinski definition) is 4. The zero-order chi connectivity index (χ0) is 27.7. The number of nitrogens with two attached hydrogens (primary N) is 1. The van der Waals surface area contributed by atoms with Gasteiger partial charge in [0.05, 0.1) is 11.4 Å². The second-order valence-corrected chi connectivity index (χ2v) is 9.74. The van der Waals surface area contributed by atoms with Crippen LogP contribution < -0.4 is 16.4 Å². The third kappa shape index (κ3) is 8.21. The van der Waals surface area contributed by atoms with Crippen LogP contribution in [0.1, 0.15) is 48.7 Å². The smallest absolute Gasteiger partial charge is 0.412 e. The van der Waals surface area contributed by atoms with Gasteiger partial charge in [-0.15, -0.1) is 0 Å². The van der Waals surface area contributed by atoms with Crippen LogP contribution in [0, 0.1) is 5.92 Å². The molecule has 0 aliphatic heterocycles. The van der Waals surface area contributed by atoms with Crippen molar-refractivity contribution in [3.63, 3.8) is 0 Å². The van der Waals surface area contributed by atoms with E-state index in [-0.39, 0.29) is 23.4 Å². The first-order valence-corrected chi connectivity index (χ1v) is 12.8. The molecule has 3 aromatic rings. The van der Waals surface area contributed by atoms with E-state index in [0.717, 1.165) is 4.47 Å². The largest absolute Gasteiger partial charge is 0.508 e. The Kier molecular flexibility index (Phi) is 10.1. The molecule has 2 atom stereocenters. The van der Waals surface area contributed by atoms with Crippen molar-refractivity contribution in [1.82, 2.24) is 0 Å². The normalized spacial score (nSPS) is 12.5. The number of nitrogens with one attached hydrogen (secondary N) is 2. The Balaban J connectivity index is 1.66. The van der Waals surface area contributed by atoms with Crippen molar-refractivity contribution in [2.45, 2.75) is 32.8 Å². The Labute approximate surface area is 230 Å². The summed E-state index contributed by atoms with van der Waals surface area (Å²) in [5.41, 5.74) is 8.33. The molecule has 38 heavy (non-hydrogen) atoms.